The molecule has 16 heavy (non-hydrogen) atoms. The van der Waals surface area contributed by atoms with Crippen molar-refractivity contribution in [3.63, 3.8) is 0 Å². The molecule has 0 saturated carbocycles. The molecule has 82 valence electrons. The predicted molar refractivity (Wildman–Crippen MR) is 64.3 cm³/mol. The molecule has 2 aromatic rings. The summed E-state index contributed by atoms with van der Waals surface area (Å²) in [5, 5.41) is 8.92. The lowest BCUT2D eigenvalue weighted by atomic mass is 10.1. The molecule has 0 unspecified atom stereocenters. The summed E-state index contributed by atoms with van der Waals surface area (Å²) < 4.78 is 1.95. The van der Waals surface area contributed by atoms with Gasteiger partial charge in [-0.1, -0.05) is 18.2 Å². The second-order valence-corrected chi connectivity index (χ2v) is 3.71. The van der Waals surface area contributed by atoms with Gasteiger partial charge in [-0.05, 0) is 30.2 Å². The van der Waals surface area contributed by atoms with E-state index in [0.29, 0.717) is 0 Å². The van der Waals surface area contributed by atoms with Gasteiger partial charge in [0.15, 0.2) is 0 Å². The van der Waals surface area contributed by atoms with Crippen LogP contribution in [0, 0.1) is 0 Å². The maximum absolute atomic E-state index is 8.92. The van der Waals surface area contributed by atoms with Crippen LogP contribution in [-0.4, -0.2) is 21.3 Å². The Hall–Kier alpha value is -1.87. The fourth-order valence-corrected chi connectivity index (χ4v) is 1.48. The lowest BCUT2D eigenvalue weighted by Gasteiger charge is -2.02. The first-order valence-corrected chi connectivity index (χ1v) is 5.16. The average Bonchev–Trinajstić information content (AvgIpc) is 2.83. The third-order valence-electron chi connectivity index (χ3n) is 2.36. The van der Waals surface area contributed by atoms with Crippen LogP contribution in [0.2, 0.25) is 0 Å². The van der Waals surface area contributed by atoms with Crippen molar-refractivity contribution in [1.29, 1.82) is 0 Å². The number of aliphatic hydroxyl groups excluding tert-OH is 1. The van der Waals surface area contributed by atoms with Crippen molar-refractivity contribution in [3.8, 4) is 5.69 Å². The van der Waals surface area contributed by atoms with E-state index in [1.54, 1.807) is 12.5 Å². The van der Waals surface area contributed by atoms with Gasteiger partial charge in [0.1, 0.15) is 0 Å². The van der Waals surface area contributed by atoms with Gasteiger partial charge in [0.25, 0.3) is 0 Å². The Morgan fingerprint density at radius 3 is 2.69 bits per heavy atom. The minimum atomic E-state index is 0.100. The second-order valence-electron chi connectivity index (χ2n) is 3.71. The minimum Gasteiger partial charge on any atom is -0.392 e. The van der Waals surface area contributed by atoms with Gasteiger partial charge in [0, 0.05) is 18.1 Å². The Bertz CT molecular complexity index is 469. The van der Waals surface area contributed by atoms with Crippen LogP contribution < -0.4 is 0 Å². The van der Waals surface area contributed by atoms with Gasteiger partial charge < -0.3 is 9.67 Å². The Morgan fingerprint density at radius 1 is 1.38 bits per heavy atom. The van der Waals surface area contributed by atoms with Crippen LogP contribution in [-0.2, 0) is 0 Å². The van der Waals surface area contributed by atoms with Gasteiger partial charge in [-0.25, -0.2) is 4.98 Å². The summed E-state index contributed by atoms with van der Waals surface area (Å²) in [5.41, 5.74) is 3.13. The summed E-state index contributed by atoms with van der Waals surface area (Å²) in [5.74, 6) is 0. The standard InChI is InChI=1S/C13H14N2O/c1-11(9-16)8-12-2-4-13(5-3-12)15-7-6-14-10-15/h2-8,10,16H,9H2,1H3. The van der Waals surface area contributed by atoms with Crippen LogP contribution in [0.1, 0.15) is 12.5 Å². The van der Waals surface area contributed by atoms with E-state index in [0.717, 1.165) is 16.8 Å². The van der Waals surface area contributed by atoms with Gasteiger partial charge in [0.2, 0.25) is 0 Å². The van der Waals surface area contributed by atoms with E-state index >= 15 is 0 Å². The van der Waals surface area contributed by atoms with E-state index in [9.17, 15) is 0 Å². The van der Waals surface area contributed by atoms with Gasteiger partial charge in [-0.2, -0.15) is 0 Å². The number of hydrogen-bond donors (Lipinski definition) is 1. The Morgan fingerprint density at radius 2 is 2.12 bits per heavy atom. The molecule has 1 aromatic heterocycles. The summed E-state index contributed by atoms with van der Waals surface area (Å²) in [6, 6.07) is 8.10. The van der Waals surface area contributed by atoms with Crippen LogP contribution in [0.25, 0.3) is 11.8 Å². The van der Waals surface area contributed by atoms with Crippen molar-refractivity contribution in [2.45, 2.75) is 6.92 Å². The molecule has 0 amide bonds. The van der Waals surface area contributed by atoms with Crippen molar-refractivity contribution in [1.82, 2.24) is 9.55 Å². The van der Waals surface area contributed by atoms with Crippen molar-refractivity contribution in [2.75, 3.05) is 6.61 Å². The van der Waals surface area contributed by atoms with E-state index in [-0.39, 0.29) is 6.61 Å². The van der Waals surface area contributed by atoms with E-state index in [2.05, 4.69) is 4.98 Å². The van der Waals surface area contributed by atoms with Gasteiger partial charge in [0.05, 0.1) is 12.9 Å². The smallest absolute Gasteiger partial charge is 0.0991 e. The van der Waals surface area contributed by atoms with Crippen molar-refractivity contribution >= 4 is 6.08 Å². The number of aromatic nitrogens is 2. The number of hydrogen-bond acceptors (Lipinski definition) is 2. The molecule has 0 saturated heterocycles. The van der Waals surface area contributed by atoms with E-state index in [4.69, 9.17) is 5.11 Å². The summed E-state index contributed by atoms with van der Waals surface area (Å²) in [4.78, 5) is 4.00. The van der Waals surface area contributed by atoms with Gasteiger partial charge in [-0.15, -0.1) is 0 Å². The molecule has 0 fully saturated rings. The van der Waals surface area contributed by atoms with Crippen molar-refractivity contribution < 1.29 is 5.11 Å². The normalized spacial score (nSPS) is 11.8. The Kier molecular flexibility index (Phi) is 3.17. The average molecular weight is 214 g/mol. The van der Waals surface area contributed by atoms with Gasteiger partial charge >= 0.3 is 0 Å². The molecule has 0 aliphatic heterocycles. The third-order valence-corrected chi connectivity index (χ3v) is 2.36. The molecule has 3 nitrogen and oxygen atoms in total. The van der Waals surface area contributed by atoms with Crippen LogP contribution in [0.4, 0.5) is 0 Å². The van der Waals surface area contributed by atoms with E-state index in [1.165, 1.54) is 0 Å². The highest BCUT2D eigenvalue weighted by Crippen LogP contribution is 2.11. The van der Waals surface area contributed by atoms with E-state index < -0.39 is 0 Å². The number of aliphatic hydroxyl groups is 1. The molecule has 1 N–H and O–H groups in total. The Labute approximate surface area is 94.7 Å². The molecule has 0 aliphatic rings. The summed E-state index contributed by atoms with van der Waals surface area (Å²) >= 11 is 0. The van der Waals surface area contributed by atoms with E-state index in [1.807, 2.05) is 48.0 Å². The zero-order valence-corrected chi connectivity index (χ0v) is 9.17. The van der Waals surface area contributed by atoms with Crippen LogP contribution >= 0.6 is 0 Å². The number of imidazole rings is 1. The topological polar surface area (TPSA) is 38.0 Å². The van der Waals surface area contributed by atoms with Gasteiger partial charge in [-0.3, -0.25) is 0 Å². The summed E-state index contributed by atoms with van der Waals surface area (Å²) in [6.45, 7) is 2.01. The highest BCUT2D eigenvalue weighted by atomic mass is 16.3. The monoisotopic (exact) mass is 214 g/mol. The first-order valence-electron chi connectivity index (χ1n) is 5.16. The first kappa shape index (κ1) is 10.6. The molecule has 3 heteroatoms. The largest absolute Gasteiger partial charge is 0.392 e. The number of rotatable bonds is 3. The zero-order chi connectivity index (χ0) is 11.4. The second kappa shape index (κ2) is 4.77. The molecule has 0 bridgehead atoms. The lowest BCUT2D eigenvalue weighted by molar-refractivity contribution is 0.332. The highest BCUT2D eigenvalue weighted by molar-refractivity contribution is 5.54. The maximum Gasteiger partial charge on any atom is 0.0991 e. The Balaban J connectivity index is 2.23. The molecular formula is C13H14N2O. The molecule has 0 spiro atoms. The highest BCUT2D eigenvalue weighted by Gasteiger charge is 1.95. The molecule has 0 radical (unpaired) electrons. The zero-order valence-electron chi connectivity index (χ0n) is 9.17. The quantitative estimate of drug-likeness (QED) is 0.851. The van der Waals surface area contributed by atoms with Crippen LogP contribution in [0.3, 0.4) is 0 Å². The fraction of sp³-hybridized carbons (Fsp3) is 0.154. The van der Waals surface area contributed by atoms with Crippen LogP contribution in [0.5, 0.6) is 0 Å². The SMILES string of the molecule is CC(=Cc1ccc(-n2ccnc2)cc1)CO. The summed E-state index contributed by atoms with van der Waals surface area (Å²) in [7, 11) is 0. The molecule has 1 heterocycles. The molecule has 0 atom stereocenters. The number of nitrogens with zero attached hydrogens (tertiary/aromatic N) is 2. The molecule has 0 aliphatic carbocycles. The maximum atomic E-state index is 8.92. The molecular weight excluding hydrogens is 200 g/mol. The summed E-state index contributed by atoms with van der Waals surface area (Å²) in [6.07, 6.45) is 7.40. The number of benzene rings is 1. The van der Waals surface area contributed by atoms with Crippen LogP contribution in [0.15, 0.2) is 48.6 Å². The molecule has 1 aromatic carbocycles. The lowest BCUT2D eigenvalue weighted by Crippen LogP contribution is -1.89. The first-order chi connectivity index (χ1) is 7.79. The fourth-order valence-electron chi connectivity index (χ4n) is 1.48. The predicted octanol–water partition coefficient (Wildman–Crippen LogP) is 2.27. The van der Waals surface area contributed by atoms with Crippen molar-refractivity contribution in [2.24, 2.45) is 0 Å². The molecule has 2 rings (SSSR count). The third kappa shape index (κ3) is 2.38. The van der Waals surface area contributed by atoms with Crippen molar-refractivity contribution in [3.05, 3.63) is 54.1 Å². The minimum absolute atomic E-state index is 0.100.